The molecule has 1 aliphatic carbocycles. The molecule has 0 saturated carbocycles. The first-order valence-electron chi connectivity index (χ1n) is 24.6. The zero-order chi connectivity index (χ0) is 51.3. The Kier molecular flexibility index (Phi) is 14.1. The molecule has 5 heterocycles. The van der Waals surface area contributed by atoms with Crippen LogP contribution in [0.3, 0.4) is 0 Å². The van der Waals surface area contributed by atoms with Gasteiger partial charge in [0.25, 0.3) is 5.56 Å². The van der Waals surface area contributed by atoms with Gasteiger partial charge in [0, 0.05) is 59.5 Å². The van der Waals surface area contributed by atoms with E-state index >= 15 is 4.39 Å². The summed E-state index contributed by atoms with van der Waals surface area (Å²) in [6, 6.07) is 8.10. The van der Waals surface area contributed by atoms with Crippen molar-refractivity contribution in [3.8, 4) is 11.4 Å². The number of likely N-dealkylation sites (N-methyl/N-ethyl adjacent to an activating group) is 1. The van der Waals surface area contributed by atoms with Crippen LogP contribution in [0, 0.1) is 18.7 Å². The van der Waals surface area contributed by atoms with Gasteiger partial charge in [0.2, 0.25) is 11.8 Å². The number of halogens is 1. The number of fused-ring (bicyclic) bond motifs is 5. The number of carbonyl (C=O) groups is 5. The average molecular weight is 981 g/mol. The van der Waals surface area contributed by atoms with Crippen molar-refractivity contribution in [2.24, 2.45) is 11.7 Å². The number of urea groups is 1. The number of nitrogens with zero attached hydrogens (tertiary/aromatic N) is 4. The molecule has 2 aromatic heterocycles. The first-order valence-corrected chi connectivity index (χ1v) is 24.6. The Labute approximate surface area is 412 Å². The normalized spacial score (nSPS) is 20.0. The van der Waals surface area contributed by atoms with Gasteiger partial charge in [-0.05, 0) is 101 Å². The third-order valence-corrected chi connectivity index (χ3v) is 14.7. The lowest BCUT2D eigenvalue weighted by molar-refractivity contribution is -0.926. The van der Waals surface area contributed by atoms with E-state index in [0.29, 0.717) is 41.0 Å². The van der Waals surface area contributed by atoms with E-state index in [1.807, 2.05) is 31.2 Å². The molecule has 5 amide bonds. The number of anilines is 1. The van der Waals surface area contributed by atoms with Gasteiger partial charge in [0.1, 0.15) is 36.7 Å². The summed E-state index contributed by atoms with van der Waals surface area (Å²) in [5.41, 5.74) is 9.32. The van der Waals surface area contributed by atoms with Crippen molar-refractivity contribution < 1.29 is 47.4 Å². The summed E-state index contributed by atoms with van der Waals surface area (Å²) >= 11 is 0. The van der Waals surface area contributed by atoms with Crippen LogP contribution >= 0.6 is 0 Å². The number of benzene rings is 2. The van der Waals surface area contributed by atoms with Crippen molar-refractivity contribution in [2.45, 2.75) is 130 Å². The van der Waals surface area contributed by atoms with Crippen molar-refractivity contribution in [2.75, 3.05) is 45.1 Å². The number of pyridine rings is 2. The molecule has 4 aliphatic rings. The van der Waals surface area contributed by atoms with Crippen molar-refractivity contribution in [3.05, 3.63) is 91.5 Å². The lowest BCUT2D eigenvalue weighted by Crippen LogP contribution is -2.57. The highest BCUT2D eigenvalue weighted by Gasteiger charge is 2.46. The quantitative estimate of drug-likeness (QED) is 0.0498. The van der Waals surface area contributed by atoms with Gasteiger partial charge in [0.05, 0.1) is 49.1 Å². The predicted octanol–water partition coefficient (Wildman–Crippen LogP) is 4.90. The van der Waals surface area contributed by atoms with E-state index in [1.165, 1.54) is 6.07 Å². The highest BCUT2D eigenvalue weighted by atomic mass is 19.1. The van der Waals surface area contributed by atoms with Gasteiger partial charge >= 0.3 is 18.1 Å². The largest absolute Gasteiger partial charge is 0.458 e. The number of hydrogen-bond acceptors (Lipinski definition) is 11. The Morgan fingerprint density at radius 2 is 1.75 bits per heavy atom. The van der Waals surface area contributed by atoms with Crippen LogP contribution in [0.1, 0.15) is 112 Å². The van der Waals surface area contributed by atoms with Gasteiger partial charge in [-0.15, -0.1) is 0 Å². The van der Waals surface area contributed by atoms with E-state index in [-0.39, 0.29) is 67.0 Å². The first kappa shape index (κ1) is 50.9. The molecule has 0 unspecified atom stereocenters. The Morgan fingerprint density at radius 3 is 2.39 bits per heavy atom. The monoisotopic (exact) mass is 981 g/mol. The van der Waals surface area contributed by atoms with Crippen molar-refractivity contribution in [3.63, 3.8) is 0 Å². The number of amides is 5. The smallest absolute Gasteiger partial charge is 0.408 e. The third-order valence-electron chi connectivity index (χ3n) is 14.7. The molecule has 7 N–H and O–H groups in total. The second-order valence-corrected chi connectivity index (χ2v) is 21.2. The lowest BCUT2D eigenvalue weighted by atomic mass is 9.80. The molecule has 4 atom stereocenters. The summed E-state index contributed by atoms with van der Waals surface area (Å²) in [5, 5.41) is 23.3. The molecule has 1 saturated heterocycles. The van der Waals surface area contributed by atoms with E-state index < -0.39 is 53.2 Å². The third kappa shape index (κ3) is 10.2. The molecule has 0 spiro atoms. The maximum atomic E-state index is 15.6. The highest BCUT2D eigenvalue weighted by Crippen LogP contribution is 2.48. The highest BCUT2D eigenvalue weighted by molar-refractivity contribution is 5.98. The van der Waals surface area contributed by atoms with Crippen molar-refractivity contribution >= 4 is 46.5 Å². The van der Waals surface area contributed by atoms with Crippen LogP contribution in [0.25, 0.3) is 22.3 Å². The molecule has 18 nitrogen and oxygen atoms in total. The van der Waals surface area contributed by atoms with Crippen molar-refractivity contribution in [1.29, 1.82) is 0 Å². The SMILES string of the molecule is CC[C@@]1(O)C(=O)OCc2c1cc1n(c2=O)Cc2c-1nc1cc(F)c(C)c3c1c2[C@@H](N1CC[N+](C)(Cc2ccc(NC(=O)[C@H](CCCNC(N)=O)NC(=O)[C@@H](NC(=O)OC(C)(C)C)C(C)C)cc2)CC1)CC3. The maximum Gasteiger partial charge on any atom is 0.408 e. The Bertz CT molecular complexity index is 2850. The number of quaternary nitrogens is 1. The molecule has 71 heavy (non-hydrogen) atoms. The summed E-state index contributed by atoms with van der Waals surface area (Å²) in [4.78, 5) is 85.8. The number of alkyl carbamates (subject to hydrolysis) is 1. The topological polar surface area (TPSA) is 236 Å². The zero-order valence-electron chi connectivity index (χ0n) is 41.9. The number of nitrogens with one attached hydrogen (secondary N) is 4. The Hall–Kier alpha value is -6.44. The molecule has 380 valence electrons. The summed E-state index contributed by atoms with van der Waals surface area (Å²) in [6.45, 7) is 16.4. The van der Waals surface area contributed by atoms with E-state index in [4.69, 9.17) is 20.2 Å². The number of aromatic nitrogens is 2. The van der Waals surface area contributed by atoms with Crippen LogP contribution in [0.4, 0.5) is 19.7 Å². The number of carbonyl (C=O) groups excluding carboxylic acids is 5. The Morgan fingerprint density at radius 1 is 1.04 bits per heavy atom. The summed E-state index contributed by atoms with van der Waals surface area (Å²) in [6.07, 6.45) is 1.23. The zero-order valence-corrected chi connectivity index (χ0v) is 41.9. The summed E-state index contributed by atoms with van der Waals surface area (Å²) < 4.78 is 28.7. The number of hydrogen-bond donors (Lipinski definition) is 6. The van der Waals surface area contributed by atoms with Crippen LogP contribution in [0.15, 0.2) is 41.2 Å². The number of rotatable bonds is 14. The molecule has 3 aliphatic heterocycles. The number of cyclic esters (lactones) is 1. The predicted molar refractivity (Wildman–Crippen MR) is 263 cm³/mol. The standard InChI is InChI=1S/C52H66FN9O9/c1-9-52(69)35-23-40-44-33(25-61(40)47(65)34(35)27-70-48(52)66)42-39(17-16-32-29(4)36(53)24-38(57-44)41(32)42)60-19-21-62(8,22-20-60)26-30-12-14-31(15-13-30)56-45(63)37(11-10-18-55-49(54)67)58-46(64)43(28(2)3)59-50(68)71-51(5,6)7/h12-15,23-24,28,37,39,43,69H,9-11,16-22,25-27H2,1-8H3,(H5-,54,55,56,58,59,63,64,67,68)/p+1/t37-,39-,43-,52-/m0/s1. The minimum Gasteiger partial charge on any atom is -0.458 e. The van der Waals surface area contributed by atoms with Crippen LogP contribution in [0.5, 0.6) is 0 Å². The minimum absolute atomic E-state index is 0.0223. The second-order valence-electron chi connectivity index (χ2n) is 21.2. The van der Waals surface area contributed by atoms with Gasteiger partial charge in [0.15, 0.2) is 5.60 Å². The van der Waals surface area contributed by atoms with Gasteiger partial charge in [-0.25, -0.2) is 23.8 Å². The summed E-state index contributed by atoms with van der Waals surface area (Å²) in [7, 11) is 2.23. The number of nitrogens with two attached hydrogens (primary N) is 1. The minimum atomic E-state index is -1.97. The number of primary amides is 1. The molecular formula is C52H67FN9O9+. The fourth-order valence-electron chi connectivity index (χ4n) is 10.7. The molecular weight excluding hydrogens is 914 g/mol. The average Bonchev–Trinajstić information content (AvgIpc) is 3.68. The van der Waals surface area contributed by atoms with Crippen LogP contribution in [-0.2, 0) is 55.6 Å². The van der Waals surface area contributed by atoms with E-state index in [1.54, 1.807) is 52.2 Å². The maximum absolute atomic E-state index is 15.6. The van der Waals surface area contributed by atoms with E-state index in [9.17, 15) is 33.9 Å². The molecule has 8 rings (SSSR count). The number of aryl methyl sites for hydroxylation is 1. The number of aliphatic hydroxyl groups is 1. The molecule has 0 bridgehead atoms. The van der Waals surface area contributed by atoms with Gasteiger partial charge in [-0.3, -0.25) is 19.3 Å². The molecule has 4 aromatic rings. The second kappa shape index (κ2) is 19.6. The molecule has 0 radical (unpaired) electrons. The molecule has 1 fully saturated rings. The lowest BCUT2D eigenvalue weighted by Gasteiger charge is -2.46. The van der Waals surface area contributed by atoms with Crippen LogP contribution in [0.2, 0.25) is 0 Å². The van der Waals surface area contributed by atoms with E-state index in [2.05, 4.69) is 33.2 Å². The fraction of sp³-hybridized carbons (Fsp3) is 0.519. The molecule has 2 aromatic carbocycles. The Balaban J connectivity index is 0.967. The van der Waals surface area contributed by atoms with Gasteiger partial charge < -0.3 is 50.6 Å². The van der Waals surface area contributed by atoms with Crippen LogP contribution < -0.4 is 32.6 Å². The number of ether oxygens (including phenoxy) is 2. The van der Waals surface area contributed by atoms with Crippen molar-refractivity contribution in [1.82, 2.24) is 30.4 Å². The van der Waals surface area contributed by atoms with Gasteiger partial charge in [-0.1, -0.05) is 32.9 Å². The van der Waals surface area contributed by atoms with Crippen LogP contribution in [-0.4, -0.2) is 111 Å². The van der Waals surface area contributed by atoms with Gasteiger partial charge in [-0.2, -0.15) is 0 Å². The fourth-order valence-corrected chi connectivity index (χ4v) is 10.7. The first-order chi connectivity index (χ1) is 33.5. The van der Waals surface area contributed by atoms with E-state index in [0.717, 1.165) is 71.3 Å². The summed E-state index contributed by atoms with van der Waals surface area (Å²) in [5.74, 6) is -2.47. The number of esters is 1. The number of piperazine rings is 1. The molecule has 19 heteroatoms.